The zero-order valence-corrected chi connectivity index (χ0v) is 13.9. The van der Waals surface area contributed by atoms with E-state index in [2.05, 4.69) is 75.4 Å². The monoisotopic (exact) mass is 282 g/mol. The van der Waals surface area contributed by atoms with Gasteiger partial charge in [0.1, 0.15) is 0 Å². The molecule has 0 nitrogen and oxygen atoms in total. The second-order valence-electron chi connectivity index (χ2n) is 5.51. The van der Waals surface area contributed by atoms with Crippen molar-refractivity contribution in [3.63, 3.8) is 0 Å². The van der Waals surface area contributed by atoms with Crippen LogP contribution in [-0.4, -0.2) is 0 Å². The van der Waals surface area contributed by atoms with Crippen molar-refractivity contribution in [2.75, 3.05) is 0 Å². The van der Waals surface area contributed by atoms with Crippen LogP contribution in [-0.2, 0) is 0 Å². The molecule has 1 rings (SSSR count). The van der Waals surface area contributed by atoms with E-state index in [1.165, 1.54) is 36.0 Å². The summed E-state index contributed by atoms with van der Waals surface area (Å²) in [6.45, 7) is 6.65. The maximum Gasteiger partial charge on any atom is -0.0248 e. The van der Waals surface area contributed by atoms with Crippen molar-refractivity contribution < 1.29 is 0 Å². The number of allylic oxidation sites excluding steroid dienone is 3. The standard InChI is InChI=1S/C21H30/c1-4-7-10-13-19-16-20(14-11-8-5-2)18-21(17-19)15-12-9-6-3/h10-18H,4-9H2,1-3H3/b13-10+,14-11+,15-12+. The van der Waals surface area contributed by atoms with Crippen LogP contribution in [0.1, 0.15) is 76.0 Å². The summed E-state index contributed by atoms with van der Waals surface area (Å²) in [5.74, 6) is 0. The highest BCUT2D eigenvalue weighted by Gasteiger charge is 1.95. The predicted octanol–water partition coefficient (Wildman–Crippen LogP) is 7.13. The van der Waals surface area contributed by atoms with Gasteiger partial charge in [-0.2, -0.15) is 0 Å². The fourth-order valence-electron chi connectivity index (χ4n) is 2.15. The van der Waals surface area contributed by atoms with Crippen LogP contribution in [0.3, 0.4) is 0 Å². The van der Waals surface area contributed by atoms with Crippen LogP contribution in [0.4, 0.5) is 0 Å². The summed E-state index contributed by atoms with van der Waals surface area (Å²) in [7, 11) is 0. The molecule has 1 aromatic carbocycles. The highest BCUT2D eigenvalue weighted by Crippen LogP contribution is 2.16. The van der Waals surface area contributed by atoms with E-state index in [1.54, 1.807) is 0 Å². The van der Waals surface area contributed by atoms with Gasteiger partial charge in [-0.25, -0.2) is 0 Å². The normalized spacial score (nSPS) is 12.1. The van der Waals surface area contributed by atoms with Gasteiger partial charge in [0.2, 0.25) is 0 Å². The van der Waals surface area contributed by atoms with Crippen molar-refractivity contribution in [3.8, 4) is 0 Å². The first kappa shape index (κ1) is 17.5. The van der Waals surface area contributed by atoms with Crippen LogP contribution in [0.2, 0.25) is 0 Å². The molecular formula is C21H30. The number of unbranched alkanes of at least 4 members (excludes halogenated alkanes) is 3. The molecule has 0 heteroatoms. The molecule has 0 saturated heterocycles. The van der Waals surface area contributed by atoms with E-state index in [-0.39, 0.29) is 0 Å². The number of hydrogen-bond donors (Lipinski definition) is 0. The van der Waals surface area contributed by atoms with Gasteiger partial charge >= 0.3 is 0 Å². The molecule has 0 aliphatic rings. The number of rotatable bonds is 9. The minimum absolute atomic E-state index is 1.15. The fourth-order valence-corrected chi connectivity index (χ4v) is 2.15. The molecule has 0 spiro atoms. The summed E-state index contributed by atoms with van der Waals surface area (Å²) in [6.07, 6.45) is 20.6. The molecule has 0 aliphatic carbocycles. The third-order valence-corrected chi connectivity index (χ3v) is 3.30. The highest BCUT2D eigenvalue weighted by molar-refractivity contribution is 5.64. The minimum Gasteiger partial charge on any atom is -0.0840 e. The molecule has 0 radical (unpaired) electrons. The van der Waals surface area contributed by atoms with E-state index in [4.69, 9.17) is 0 Å². The van der Waals surface area contributed by atoms with Crippen molar-refractivity contribution in [1.29, 1.82) is 0 Å². The van der Waals surface area contributed by atoms with Gasteiger partial charge < -0.3 is 0 Å². The molecule has 0 bridgehead atoms. The van der Waals surface area contributed by atoms with Crippen molar-refractivity contribution in [1.82, 2.24) is 0 Å². The van der Waals surface area contributed by atoms with Crippen molar-refractivity contribution >= 4 is 18.2 Å². The van der Waals surface area contributed by atoms with Crippen LogP contribution in [0, 0.1) is 0 Å². The van der Waals surface area contributed by atoms with Gasteiger partial charge in [-0.1, -0.05) is 76.5 Å². The summed E-state index contributed by atoms with van der Waals surface area (Å²) in [5, 5.41) is 0. The Balaban J connectivity index is 2.95. The van der Waals surface area contributed by atoms with Crippen LogP contribution in [0.15, 0.2) is 36.4 Å². The molecule has 0 N–H and O–H groups in total. The lowest BCUT2D eigenvalue weighted by atomic mass is 10.0. The van der Waals surface area contributed by atoms with Crippen molar-refractivity contribution in [2.45, 2.75) is 59.3 Å². The first-order valence-corrected chi connectivity index (χ1v) is 8.44. The Morgan fingerprint density at radius 3 is 1.10 bits per heavy atom. The molecule has 114 valence electrons. The van der Waals surface area contributed by atoms with E-state index in [9.17, 15) is 0 Å². The summed E-state index contributed by atoms with van der Waals surface area (Å²) >= 11 is 0. The largest absolute Gasteiger partial charge is 0.0840 e. The van der Waals surface area contributed by atoms with E-state index < -0.39 is 0 Å². The molecule has 0 aromatic heterocycles. The lowest BCUT2D eigenvalue weighted by molar-refractivity contribution is 0.962. The second kappa shape index (κ2) is 11.1. The molecule has 0 atom stereocenters. The molecule has 21 heavy (non-hydrogen) atoms. The average Bonchev–Trinajstić information content (AvgIpc) is 2.48. The Labute approximate surface area is 131 Å². The predicted molar refractivity (Wildman–Crippen MR) is 98.3 cm³/mol. The second-order valence-corrected chi connectivity index (χ2v) is 5.51. The molecule has 1 aromatic rings. The van der Waals surface area contributed by atoms with E-state index in [0.717, 1.165) is 19.3 Å². The van der Waals surface area contributed by atoms with Crippen LogP contribution in [0.25, 0.3) is 18.2 Å². The molecule has 0 amide bonds. The first-order valence-electron chi connectivity index (χ1n) is 8.44. The molecule has 0 aliphatic heterocycles. The molecule has 0 heterocycles. The third-order valence-electron chi connectivity index (χ3n) is 3.30. The topological polar surface area (TPSA) is 0 Å². The first-order chi connectivity index (χ1) is 10.3. The minimum atomic E-state index is 1.15. The van der Waals surface area contributed by atoms with Gasteiger partial charge in [-0.05, 0) is 54.2 Å². The van der Waals surface area contributed by atoms with Gasteiger partial charge in [-0.3, -0.25) is 0 Å². The Morgan fingerprint density at radius 2 is 0.857 bits per heavy atom. The average molecular weight is 282 g/mol. The third kappa shape index (κ3) is 7.70. The maximum absolute atomic E-state index is 2.27. The highest BCUT2D eigenvalue weighted by atomic mass is 14.0. The summed E-state index contributed by atoms with van der Waals surface area (Å²) in [6, 6.07) is 6.82. The molecule has 0 fully saturated rings. The molecule has 0 unspecified atom stereocenters. The van der Waals surface area contributed by atoms with Gasteiger partial charge in [0.15, 0.2) is 0 Å². The Bertz CT molecular complexity index is 391. The van der Waals surface area contributed by atoms with Gasteiger partial charge in [0.05, 0.1) is 0 Å². The maximum atomic E-state index is 2.27. The Kier molecular flexibility index (Phi) is 9.28. The SMILES string of the molecule is CCC/C=C/c1cc(/C=C/CCC)cc(/C=C/CCC)c1. The van der Waals surface area contributed by atoms with Crippen LogP contribution >= 0.6 is 0 Å². The van der Waals surface area contributed by atoms with Crippen molar-refractivity contribution in [2.24, 2.45) is 0 Å². The van der Waals surface area contributed by atoms with Gasteiger partial charge in [0, 0.05) is 0 Å². The Hall–Kier alpha value is -1.56. The fraction of sp³-hybridized carbons (Fsp3) is 0.429. The van der Waals surface area contributed by atoms with Gasteiger partial charge in [0.25, 0.3) is 0 Å². The lowest BCUT2D eigenvalue weighted by Crippen LogP contribution is -1.82. The molecular weight excluding hydrogens is 252 g/mol. The van der Waals surface area contributed by atoms with E-state index in [0.29, 0.717) is 0 Å². The zero-order chi connectivity index (χ0) is 15.3. The smallest absolute Gasteiger partial charge is 0.0248 e. The summed E-state index contributed by atoms with van der Waals surface area (Å²) in [5.41, 5.74) is 3.91. The summed E-state index contributed by atoms with van der Waals surface area (Å²) < 4.78 is 0. The molecule has 0 saturated carbocycles. The number of hydrogen-bond acceptors (Lipinski definition) is 0. The van der Waals surface area contributed by atoms with Gasteiger partial charge in [-0.15, -0.1) is 0 Å². The zero-order valence-electron chi connectivity index (χ0n) is 13.9. The van der Waals surface area contributed by atoms with Crippen LogP contribution in [0.5, 0.6) is 0 Å². The van der Waals surface area contributed by atoms with E-state index in [1.807, 2.05) is 0 Å². The van der Waals surface area contributed by atoms with E-state index >= 15 is 0 Å². The van der Waals surface area contributed by atoms with Crippen molar-refractivity contribution in [3.05, 3.63) is 53.1 Å². The summed E-state index contributed by atoms with van der Waals surface area (Å²) in [4.78, 5) is 0. The van der Waals surface area contributed by atoms with Crippen LogP contribution < -0.4 is 0 Å². The lowest BCUT2D eigenvalue weighted by Gasteiger charge is -2.02. The number of benzene rings is 1. The quantitative estimate of drug-likeness (QED) is 0.452. The Morgan fingerprint density at radius 1 is 0.571 bits per heavy atom.